The molecule has 1 aromatic carbocycles. The van der Waals surface area contributed by atoms with Crippen molar-refractivity contribution < 1.29 is 13.2 Å². The second-order valence-corrected chi connectivity index (χ2v) is 8.49. The number of nitrogens with zero attached hydrogens (tertiary/aromatic N) is 3. The third-order valence-electron chi connectivity index (χ3n) is 4.38. The van der Waals surface area contributed by atoms with Gasteiger partial charge in [-0.3, -0.25) is 19.4 Å². The number of amidine groups is 1. The quantitative estimate of drug-likeness (QED) is 0.845. The summed E-state index contributed by atoms with van der Waals surface area (Å²) in [5, 5.41) is 0. The monoisotopic (exact) mass is 364 g/mol. The van der Waals surface area contributed by atoms with E-state index >= 15 is 0 Å². The summed E-state index contributed by atoms with van der Waals surface area (Å²) in [5.41, 5.74) is 0.525. The van der Waals surface area contributed by atoms with Crippen molar-refractivity contribution in [2.75, 3.05) is 39.3 Å². The third-order valence-corrected chi connectivity index (χ3v) is 5.78. The number of fused-ring (bicyclic) bond motifs is 1. The van der Waals surface area contributed by atoms with Crippen LogP contribution in [-0.2, 0) is 14.8 Å². The van der Waals surface area contributed by atoms with Gasteiger partial charge in [-0.2, -0.15) is 0 Å². The largest absolute Gasteiger partial charge is 0.339 e. The van der Waals surface area contributed by atoms with E-state index < -0.39 is 10.0 Å². The highest BCUT2D eigenvalue weighted by Gasteiger charge is 2.30. The van der Waals surface area contributed by atoms with Crippen molar-refractivity contribution >= 4 is 21.8 Å². The molecule has 1 aromatic rings. The lowest BCUT2D eigenvalue weighted by molar-refractivity contribution is -0.131. The summed E-state index contributed by atoms with van der Waals surface area (Å²) < 4.78 is 26.5. The first kappa shape index (κ1) is 17.9. The molecule has 0 atom stereocenters. The fourth-order valence-corrected chi connectivity index (χ4v) is 4.45. The summed E-state index contributed by atoms with van der Waals surface area (Å²) in [6.07, 6.45) is 0. The fraction of sp³-hybridized carbons (Fsp3) is 0.529. The van der Waals surface area contributed by atoms with Crippen LogP contribution in [-0.4, -0.2) is 69.2 Å². The molecule has 7 nitrogen and oxygen atoms in total. The van der Waals surface area contributed by atoms with Crippen LogP contribution in [0.15, 0.2) is 34.2 Å². The summed E-state index contributed by atoms with van der Waals surface area (Å²) in [6, 6.07) is 6.66. The SMILES string of the molecule is CC(C)CN1CCN(C(=O)CN=C2NS(=O)(=O)c3ccccc32)CC1. The van der Waals surface area contributed by atoms with Crippen molar-refractivity contribution in [1.29, 1.82) is 0 Å². The normalized spacial score (nSPS) is 21.4. The first-order chi connectivity index (χ1) is 11.9. The van der Waals surface area contributed by atoms with E-state index in [-0.39, 0.29) is 23.2 Å². The molecule has 0 aromatic heterocycles. The average molecular weight is 364 g/mol. The molecule has 136 valence electrons. The molecule has 3 rings (SSSR count). The van der Waals surface area contributed by atoms with Gasteiger partial charge >= 0.3 is 0 Å². The third kappa shape index (κ3) is 4.01. The lowest BCUT2D eigenvalue weighted by Gasteiger charge is -2.35. The van der Waals surface area contributed by atoms with Crippen LogP contribution < -0.4 is 4.72 Å². The number of amides is 1. The van der Waals surface area contributed by atoms with Crippen LogP contribution in [0.25, 0.3) is 0 Å². The van der Waals surface area contributed by atoms with Crippen LogP contribution in [0, 0.1) is 5.92 Å². The number of hydrogen-bond acceptors (Lipinski definition) is 5. The maximum Gasteiger partial charge on any atom is 0.263 e. The number of rotatable bonds is 4. The first-order valence-corrected chi connectivity index (χ1v) is 10.0. The highest BCUT2D eigenvalue weighted by Crippen LogP contribution is 2.22. The van der Waals surface area contributed by atoms with Crippen molar-refractivity contribution in [2.24, 2.45) is 10.9 Å². The van der Waals surface area contributed by atoms with E-state index in [1.165, 1.54) is 6.07 Å². The van der Waals surface area contributed by atoms with Gasteiger partial charge in [-0.25, -0.2) is 8.42 Å². The zero-order valence-electron chi connectivity index (χ0n) is 14.6. The minimum atomic E-state index is -3.56. The maximum absolute atomic E-state index is 12.4. The van der Waals surface area contributed by atoms with Gasteiger partial charge in [0.05, 0.1) is 4.90 Å². The molecule has 8 heteroatoms. The molecule has 1 fully saturated rings. The van der Waals surface area contributed by atoms with Crippen molar-refractivity contribution in [3.63, 3.8) is 0 Å². The zero-order chi connectivity index (χ0) is 18.0. The molecule has 25 heavy (non-hydrogen) atoms. The molecular formula is C17H24N4O3S. The molecule has 0 aliphatic carbocycles. The van der Waals surface area contributed by atoms with E-state index in [1.807, 2.05) is 0 Å². The van der Waals surface area contributed by atoms with Gasteiger partial charge in [0.1, 0.15) is 12.4 Å². The molecule has 0 unspecified atom stereocenters. The number of carbonyl (C=O) groups is 1. The Hall–Kier alpha value is -1.93. The molecular weight excluding hydrogens is 340 g/mol. The molecule has 2 heterocycles. The lowest BCUT2D eigenvalue weighted by Crippen LogP contribution is -2.50. The van der Waals surface area contributed by atoms with Gasteiger partial charge in [-0.15, -0.1) is 0 Å². The van der Waals surface area contributed by atoms with Gasteiger partial charge in [0.15, 0.2) is 0 Å². The Labute approximate surface area is 148 Å². The molecule has 0 bridgehead atoms. The summed E-state index contributed by atoms with van der Waals surface area (Å²) in [4.78, 5) is 21.0. The molecule has 1 N–H and O–H groups in total. The number of hydrogen-bond donors (Lipinski definition) is 1. The average Bonchev–Trinajstić information content (AvgIpc) is 2.84. The van der Waals surface area contributed by atoms with E-state index in [0.717, 1.165) is 19.6 Å². The topological polar surface area (TPSA) is 82.1 Å². The van der Waals surface area contributed by atoms with Gasteiger partial charge in [0, 0.05) is 38.3 Å². The predicted octanol–water partition coefficient (Wildman–Crippen LogP) is 0.525. The number of benzene rings is 1. The second-order valence-electron chi connectivity index (χ2n) is 6.84. The molecule has 0 saturated carbocycles. The first-order valence-electron chi connectivity index (χ1n) is 8.53. The number of piperazine rings is 1. The van der Waals surface area contributed by atoms with E-state index in [0.29, 0.717) is 24.6 Å². The Morgan fingerprint density at radius 3 is 2.56 bits per heavy atom. The summed E-state index contributed by atoms with van der Waals surface area (Å²) in [5.74, 6) is 0.798. The van der Waals surface area contributed by atoms with Crippen LogP contribution in [0.5, 0.6) is 0 Å². The summed E-state index contributed by atoms with van der Waals surface area (Å²) in [7, 11) is -3.56. The zero-order valence-corrected chi connectivity index (χ0v) is 15.4. The second kappa shape index (κ2) is 7.13. The van der Waals surface area contributed by atoms with E-state index in [9.17, 15) is 13.2 Å². The van der Waals surface area contributed by atoms with E-state index in [1.54, 1.807) is 23.1 Å². The van der Waals surface area contributed by atoms with Gasteiger partial charge in [-0.1, -0.05) is 26.0 Å². The van der Waals surface area contributed by atoms with Gasteiger partial charge in [-0.05, 0) is 18.1 Å². The molecule has 1 amide bonds. The fourth-order valence-electron chi connectivity index (χ4n) is 3.19. The van der Waals surface area contributed by atoms with Crippen LogP contribution in [0.4, 0.5) is 0 Å². The summed E-state index contributed by atoms with van der Waals surface area (Å²) in [6.45, 7) is 8.50. The van der Waals surface area contributed by atoms with E-state index in [2.05, 4.69) is 28.5 Å². The Morgan fingerprint density at radius 2 is 1.88 bits per heavy atom. The highest BCUT2D eigenvalue weighted by atomic mass is 32.2. The Balaban J connectivity index is 1.61. The summed E-state index contributed by atoms with van der Waals surface area (Å²) >= 11 is 0. The van der Waals surface area contributed by atoms with Crippen LogP contribution in [0.2, 0.25) is 0 Å². The number of aliphatic imine (C=N–C) groups is 1. The Bertz CT molecular complexity index is 781. The minimum Gasteiger partial charge on any atom is -0.339 e. The molecule has 0 spiro atoms. The van der Waals surface area contributed by atoms with Gasteiger partial charge in [0.2, 0.25) is 5.91 Å². The van der Waals surface area contributed by atoms with Crippen molar-refractivity contribution in [2.45, 2.75) is 18.7 Å². The van der Waals surface area contributed by atoms with Crippen LogP contribution in [0.1, 0.15) is 19.4 Å². The number of nitrogens with one attached hydrogen (secondary N) is 1. The molecule has 2 aliphatic heterocycles. The number of sulfonamides is 1. The minimum absolute atomic E-state index is 0.0453. The standard InChI is InChI=1S/C17H24N4O3S/c1-13(2)12-20-7-9-21(10-8-20)16(22)11-18-17-14-5-3-4-6-15(14)25(23,24)19-17/h3-6,13H,7-12H2,1-2H3,(H,18,19). The van der Waals surface area contributed by atoms with E-state index in [4.69, 9.17) is 0 Å². The smallest absolute Gasteiger partial charge is 0.263 e. The molecule has 0 radical (unpaired) electrons. The molecule has 2 aliphatic rings. The van der Waals surface area contributed by atoms with Crippen molar-refractivity contribution in [3.8, 4) is 0 Å². The maximum atomic E-state index is 12.4. The van der Waals surface area contributed by atoms with Gasteiger partial charge < -0.3 is 4.90 Å². The van der Waals surface area contributed by atoms with Crippen molar-refractivity contribution in [3.05, 3.63) is 29.8 Å². The Kier molecular flexibility index (Phi) is 5.10. The number of carbonyl (C=O) groups excluding carboxylic acids is 1. The lowest BCUT2D eigenvalue weighted by atomic mass is 10.2. The van der Waals surface area contributed by atoms with Crippen LogP contribution >= 0.6 is 0 Å². The van der Waals surface area contributed by atoms with Gasteiger partial charge in [0.25, 0.3) is 10.0 Å². The Morgan fingerprint density at radius 1 is 1.20 bits per heavy atom. The molecule has 1 saturated heterocycles. The predicted molar refractivity (Wildman–Crippen MR) is 96.0 cm³/mol. The van der Waals surface area contributed by atoms with Crippen LogP contribution in [0.3, 0.4) is 0 Å². The van der Waals surface area contributed by atoms with Crippen molar-refractivity contribution in [1.82, 2.24) is 14.5 Å². The highest BCUT2D eigenvalue weighted by molar-refractivity contribution is 7.90.